The zero-order valence-electron chi connectivity index (χ0n) is 11.8. The van der Waals surface area contributed by atoms with E-state index in [1.165, 1.54) is 0 Å². The van der Waals surface area contributed by atoms with Gasteiger partial charge in [-0.1, -0.05) is 0 Å². The number of aromatic nitrogens is 1. The van der Waals surface area contributed by atoms with Crippen LogP contribution < -0.4 is 5.32 Å². The minimum Gasteiger partial charge on any atom is -0.463 e. The molecule has 0 radical (unpaired) electrons. The first-order valence-corrected chi connectivity index (χ1v) is 6.25. The van der Waals surface area contributed by atoms with Crippen molar-refractivity contribution in [3.05, 3.63) is 23.0 Å². The lowest BCUT2D eigenvalue weighted by Gasteiger charge is -2.11. The number of hydrogen-bond acceptors (Lipinski definition) is 5. The van der Waals surface area contributed by atoms with Gasteiger partial charge in [0.05, 0.1) is 29.5 Å². The largest absolute Gasteiger partial charge is 0.463 e. The number of pyridine rings is 1. The van der Waals surface area contributed by atoms with Crippen LogP contribution in [0.25, 0.3) is 0 Å². The summed E-state index contributed by atoms with van der Waals surface area (Å²) in [5.41, 5.74) is 2.76. The van der Waals surface area contributed by atoms with Crippen molar-refractivity contribution in [2.24, 2.45) is 0 Å². The third kappa shape index (κ3) is 4.59. The molecule has 0 spiro atoms. The molecular weight excluding hydrogens is 242 g/mol. The first-order valence-electron chi connectivity index (χ1n) is 6.25. The molecule has 0 unspecified atom stereocenters. The minimum atomic E-state index is -0.247. The standard InChI is InChI=1S/C14H19N3O2/c1-9(2)19-14(18)5-6-16-13-7-10(3)17-11(4)12(13)8-15/h7,9H,5-6H2,1-4H3,(H,16,17). The molecule has 0 bridgehead atoms. The number of aryl methyl sites for hydroxylation is 2. The zero-order valence-corrected chi connectivity index (χ0v) is 11.8. The Morgan fingerprint density at radius 1 is 1.53 bits per heavy atom. The van der Waals surface area contributed by atoms with Gasteiger partial charge in [-0.15, -0.1) is 0 Å². The van der Waals surface area contributed by atoms with Crippen molar-refractivity contribution in [2.75, 3.05) is 11.9 Å². The summed E-state index contributed by atoms with van der Waals surface area (Å²) in [5, 5.41) is 12.2. The summed E-state index contributed by atoms with van der Waals surface area (Å²) in [6, 6.07) is 3.93. The maximum atomic E-state index is 11.4. The molecule has 0 aliphatic carbocycles. The minimum absolute atomic E-state index is 0.104. The van der Waals surface area contributed by atoms with Gasteiger partial charge in [0.1, 0.15) is 6.07 Å². The Bertz CT molecular complexity index is 504. The van der Waals surface area contributed by atoms with Crippen LogP contribution in [0.2, 0.25) is 0 Å². The first kappa shape index (κ1) is 15.0. The third-order valence-electron chi connectivity index (χ3n) is 2.45. The molecule has 0 fully saturated rings. The molecule has 1 heterocycles. The van der Waals surface area contributed by atoms with Crippen LogP contribution in [0.5, 0.6) is 0 Å². The second kappa shape index (κ2) is 6.74. The average Bonchev–Trinajstić information content (AvgIpc) is 2.27. The van der Waals surface area contributed by atoms with Gasteiger partial charge in [0, 0.05) is 12.2 Å². The van der Waals surface area contributed by atoms with Crippen LogP contribution in [0.15, 0.2) is 6.07 Å². The lowest BCUT2D eigenvalue weighted by Crippen LogP contribution is -2.16. The number of nitrogens with one attached hydrogen (secondary N) is 1. The Morgan fingerprint density at radius 3 is 2.79 bits per heavy atom. The van der Waals surface area contributed by atoms with Gasteiger partial charge >= 0.3 is 5.97 Å². The summed E-state index contributed by atoms with van der Waals surface area (Å²) in [7, 11) is 0. The van der Waals surface area contributed by atoms with E-state index in [0.717, 1.165) is 5.69 Å². The molecule has 102 valence electrons. The van der Waals surface area contributed by atoms with Gasteiger partial charge in [0.15, 0.2) is 0 Å². The first-order chi connectivity index (χ1) is 8.93. The van der Waals surface area contributed by atoms with Gasteiger partial charge in [-0.05, 0) is 33.8 Å². The summed E-state index contributed by atoms with van der Waals surface area (Å²) in [4.78, 5) is 15.6. The Kier molecular flexibility index (Phi) is 5.31. The predicted molar refractivity (Wildman–Crippen MR) is 72.8 cm³/mol. The summed E-state index contributed by atoms with van der Waals surface area (Å²) in [5.74, 6) is -0.247. The van der Waals surface area contributed by atoms with E-state index in [2.05, 4.69) is 16.4 Å². The molecule has 0 saturated heterocycles. The second-order valence-electron chi connectivity index (χ2n) is 4.60. The third-order valence-corrected chi connectivity index (χ3v) is 2.45. The fourth-order valence-corrected chi connectivity index (χ4v) is 1.73. The molecule has 1 aromatic rings. The Hall–Kier alpha value is -2.09. The second-order valence-corrected chi connectivity index (χ2v) is 4.60. The number of carbonyl (C=O) groups excluding carboxylic acids is 1. The van der Waals surface area contributed by atoms with Crippen molar-refractivity contribution in [3.63, 3.8) is 0 Å². The molecule has 0 aliphatic rings. The predicted octanol–water partition coefficient (Wildman–Crippen LogP) is 2.32. The van der Waals surface area contributed by atoms with Gasteiger partial charge in [-0.2, -0.15) is 5.26 Å². The van der Waals surface area contributed by atoms with Gasteiger partial charge in [0.2, 0.25) is 0 Å². The van der Waals surface area contributed by atoms with Gasteiger partial charge in [-0.25, -0.2) is 0 Å². The highest BCUT2D eigenvalue weighted by molar-refractivity contribution is 5.70. The molecule has 0 saturated carbocycles. The van der Waals surface area contributed by atoms with E-state index in [0.29, 0.717) is 23.5 Å². The van der Waals surface area contributed by atoms with Crippen molar-refractivity contribution >= 4 is 11.7 Å². The number of esters is 1. The molecule has 5 nitrogen and oxygen atoms in total. The lowest BCUT2D eigenvalue weighted by molar-refractivity contribution is -0.147. The molecular formula is C14H19N3O2. The topological polar surface area (TPSA) is 75.0 Å². The molecule has 0 atom stereocenters. The molecule has 1 aromatic heterocycles. The quantitative estimate of drug-likeness (QED) is 0.823. The summed E-state index contributed by atoms with van der Waals surface area (Å²) < 4.78 is 5.04. The van der Waals surface area contributed by atoms with Crippen LogP contribution in [0.1, 0.15) is 37.2 Å². The number of nitriles is 1. The van der Waals surface area contributed by atoms with E-state index < -0.39 is 0 Å². The van der Waals surface area contributed by atoms with Crippen molar-refractivity contribution < 1.29 is 9.53 Å². The highest BCUT2D eigenvalue weighted by Gasteiger charge is 2.09. The monoisotopic (exact) mass is 261 g/mol. The van der Waals surface area contributed by atoms with Crippen molar-refractivity contribution in [1.82, 2.24) is 4.98 Å². The van der Waals surface area contributed by atoms with E-state index in [1.807, 2.05) is 20.8 Å². The van der Waals surface area contributed by atoms with Gasteiger partial charge in [-0.3, -0.25) is 9.78 Å². The van der Waals surface area contributed by atoms with Crippen LogP contribution in [-0.4, -0.2) is 23.6 Å². The van der Waals surface area contributed by atoms with Crippen LogP contribution in [-0.2, 0) is 9.53 Å². The number of hydrogen-bond donors (Lipinski definition) is 1. The fraction of sp³-hybridized carbons (Fsp3) is 0.500. The van der Waals surface area contributed by atoms with E-state index in [-0.39, 0.29) is 18.5 Å². The summed E-state index contributed by atoms with van der Waals surface area (Å²) in [6.45, 7) is 7.72. The molecule has 0 aliphatic heterocycles. The van der Waals surface area contributed by atoms with Crippen molar-refractivity contribution in [1.29, 1.82) is 5.26 Å². The molecule has 1 rings (SSSR count). The number of rotatable bonds is 5. The number of carbonyl (C=O) groups is 1. The highest BCUT2D eigenvalue weighted by Crippen LogP contribution is 2.18. The van der Waals surface area contributed by atoms with Gasteiger partial charge < -0.3 is 10.1 Å². The highest BCUT2D eigenvalue weighted by atomic mass is 16.5. The number of nitrogens with zero attached hydrogens (tertiary/aromatic N) is 2. The van der Waals surface area contributed by atoms with Crippen LogP contribution in [0, 0.1) is 25.2 Å². The molecule has 19 heavy (non-hydrogen) atoms. The van der Waals surface area contributed by atoms with Crippen LogP contribution in [0.3, 0.4) is 0 Å². The normalized spacial score (nSPS) is 10.1. The smallest absolute Gasteiger partial charge is 0.307 e. The molecule has 1 N–H and O–H groups in total. The molecule has 0 aromatic carbocycles. The Morgan fingerprint density at radius 2 is 2.21 bits per heavy atom. The maximum absolute atomic E-state index is 11.4. The maximum Gasteiger partial charge on any atom is 0.307 e. The SMILES string of the molecule is Cc1cc(NCCC(=O)OC(C)C)c(C#N)c(C)n1. The fourth-order valence-electron chi connectivity index (χ4n) is 1.73. The Balaban J connectivity index is 2.64. The zero-order chi connectivity index (χ0) is 14.4. The van der Waals surface area contributed by atoms with Gasteiger partial charge in [0.25, 0.3) is 0 Å². The van der Waals surface area contributed by atoms with Crippen LogP contribution >= 0.6 is 0 Å². The van der Waals surface area contributed by atoms with E-state index >= 15 is 0 Å². The van der Waals surface area contributed by atoms with Crippen LogP contribution in [0.4, 0.5) is 5.69 Å². The summed E-state index contributed by atoms with van der Waals surface area (Å²) >= 11 is 0. The molecule has 0 amide bonds. The van der Waals surface area contributed by atoms with E-state index in [1.54, 1.807) is 13.0 Å². The van der Waals surface area contributed by atoms with E-state index in [9.17, 15) is 4.79 Å². The van der Waals surface area contributed by atoms with Crippen molar-refractivity contribution in [3.8, 4) is 6.07 Å². The molecule has 5 heteroatoms. The lowest BCUT2D eigenvalue weighted by atomic mass is 10.1. The van der Waals surface area contributed by atoms with Crippen molar-refractivity contribution in [2.45, 2.75) is 40.2 Å². The average molecular weight is 261 g/mol. The summed E-state index contributed by atoms with van der Waals surface area (Å²) in [6.07, 6.45) is 0.163. The number of ether oxygens (including phenoxy) is 1. The number of anilines is 1. The van der Waals surface area contributed by atoms with E-state index in [4.69, 9.17) is 10.00 Å². The Labute approximate surface area is 113 Å².